The van der Waals surface area contributed by atoms with Crippen molar-refractivity contribution in [2.75, 3.05) is 41.3 Å². The summed E-state index contributed by atoms with van der Waals surface area (Å²) < 4.78 is 38.5. The Bertz CT molecular complexity index is 1360. The van der Waals surface area contributed by atoms with Gasteiger partial charge in [-0.2, -0.15) is 10.2 Å². The summed E-state index contributed by atoms with van der Waals surface area (Å²) in [6.07, 6.45) is 4.86. The van der Waals surface area contributed by atoms with Crippen molar-refractivity contribution in [1.82, 2.24) is 40.4 Å². The maximum atomic E-state index is 13.0. The first-order chi connectivity index (χ1) is 21.7. The van der Waals surface area contributed by atoms with Crippen molar-refractivity contribution < 1.29 is 42.5 Å². The molecule has 0 atom stereocenters. The summed E-state index contributed by atoms with van der Waals surface area (Å²) in [5.74, 6) is -1.30. The average Bonchev–Trinajstić information content (AvgIpc) is 3.61. The van der Waals surface area contributed by atoms with Gasteiger partial charge in [0, 0.05) is 39.6 Å². The molecule has 264 valence electrons. The molecular weight excluding hydrogens is 622 g/mol. The molecule has 2 aromatic heterocycles. The fourth-order valence-corrected chi connectivity index (χ4v) is 3.05. The summed E-state index contributed by atoms with van der Waals surface area (Å²) in [5.41, 5.74) is -0.319. The quantitative estimate of drug-likeness (QED) is 0.291. The standard InChI is InChI=1S/C15H23FN4O3.C13H18FN3O4.C2H7N/c1-15(2,3)23-14(22)17-7-11(6-16)9-20-10-12(8-18-20)13(21)19(4)5;1-13(2,3)21-12(20)15-5-9(4-14)7-17-8-10(6-16-17)11(18)19;1-3-2/h6,8,10H,7,9H2,1-5H3,(H,17,22);4,6,8H,5,7H2,1-3H3,(H,15,20)(H,18,19);3H,1-2H3/b11-6+;9-4+;. The molecule has 0 radical (unpaired) electrons. The van der Waals surface area contributed by atoms with Crippen molar-refractivity contribution >= 4 is 24.1 Å². The lowest BCUT2D eigenvalue weighted by Gasteiger charge is -2.20. The molecular formula is C30H48F2N8O7. The van der Waals surface area contributed by atoms with Gasteiger partial charge in [-0.05, 0) is 66.8 Å². The maximum Gasteiger partial charge on any atom is 0.407 e. The molecule has 0 saturated heterocycles. The minimum Gasteiger partial charge on any atom is -0.478 e. The minimum atomic E-state index is -1.11. The van der Waals surface area contributed by atoms with Crippen LogP contribution in [0.15, 0.2) is 48.6 Å². The zero-order valence-electron chi connectivity index (χ0n) is 28.7. The number of nitrogens with zero attached hydrogens (tertiary/aromatic N) is 5. The van der Waals surface area contributed by atoms with Crippen LogP contribution in [0, 0.1) is 0 Å². The second kappa shape index (κ2) is 20.3. The van der Waals surface area contributed by atoms with Gasteiger partial charge in [-0.15, -0.1) is 0 Å². The molecule has 0 saturated carbocycles. The van der Waals surface area contributed by atoms with Gasteiger partial charge in [0.1, 0.15) is 11.2 Å². The Kier molecular flexibility index (Phi) is 18.3. The van der Waals surface area contributed by atoms with Crippen molar-refractivity contribution in [3.05, 3.63) is 59.7 Å². The van der Waals surface area contributed by atoms with Gasteiger partial charge in [-0.3, -0.25) is 14.2 Å². The number of carboxylic acids is 1. The SMILES string of the molecule is CC(C)(C)OC(=O)NC/C(=C\F)Cn1cc(C(=O)O)cn1.CN(C)C(=O)c1cnn(C/C(=C/F)CNC(=O)OC(C)(C)C)c1.CNC. The zero-order chi connectivity index (χ0) is 36.4. The number of hydrogen-bond acceptors (Lipinski definition) is 9. The molecule has 17 heteroatoms. The van der Waals surface area contributed by atoms with Crippen molar-refractivity contribution in [3.8, 4) is 0 Å². The number of alkyl carbamates (subject to hydrolysis) is 2. The maximum absolute atomic E-state index is 13.0. The Labute approximate surface area is 274 Å². The molecule has 0 aliphatic rings. The number of amides is 3. The molecule has 3 amide bonds. The monoisotopic (exact) mass is 670 g/mol. The fraction of sp³-hybridized carbons (Fsp3) is 0.533. The van der Waals surface area contributed by atoms with Crippen LogP contribution in [0.2, 0.25) is 0 Å². The predicted molar refractivity (Wildman–Crippen MR) is 171 cm³/mol. The number of nitrogens with one attached hydrogen (secondary N) is 3. The smallest absolute Gasteiger partial charge is 0.407 e. The molecule has 0 aromatic carbocycles. The van der Waals surface area contributed by atoms with E-state index in [9.17, 15) is 28.0 Å². The first kappa shape index (κ1) is 42.2. The molecule has 4 N–H and O–H groups in total. The van der Waals surface area contributed by atoms with Gasteiger partial charge in [0.2, 0.25) is 0 Å². The second-order valence-electron chi connectivity index (χ2n) is 12.1. The fourth-order valence-electron chi connectivity index (χ4n) is 3.05. The van der Waals surface area contributed by atoms with Crippen molar-refractivity contribution in [3.63, 3.8) is 0 Å². The highest BCUT2D eigenvalue weighted by Crippen LogP contribution is 2.09. The molecule has 2 rings (SSSR count). The topological polar surface area (TPSA) is 182 Å². The molecule has 0 aliphatic heterocycles. The van der Waals surface area contributed by atoms with Crippen LogP contribution in [0.25, 0.3) is 0 Å². The third-order valence-electron chi connectivity index (χ3n) is 4.92. The Morgan fingerprint density at radius 2 is 1.17 bits per heavy atom. The zero-order valence-corrected chi connectivity index (χ0v) is 28.7. The van der Waals surface area contributed by atoms with Crippen LogP contribution >= 0.6 is 0 Å². The predicted octanol–water partition coefficient (Wildman–Crippen LogP) is 3.76. The van der Waals surface area contributed by atoms with E-state index in [1.807, 2.05) is 14.1 Å². The van der Waals surface area contributed by atoms with E-state index in [1.165, 1.54) is 39.1 Å². The Balaban J connectivity index is 0.000000833. The lowest BCUT2D eigenvalue weighted by molar-refractivity contribution is 0.0520. The van der Waals surface area contributed by atoms with E-state index in [4.69, 9.17) is 14.6 Å². The van der Waals surface area contributed by atoms with E-state index < -0.39 is 29.4 Å². The number of hydrogen-bond donors (Lipinski definition) is 4. The lowest BCUT2D eigenvalue weighted by Crippen LogP contribution is -2.34. The Hall–Kier alpha value is -4.80. The van der Waals surface area contributed by atoms with Gasteiger partial charge >= 0.3 is 18.2 Å². The second-order valence-corrected chi connectivity index (χ2v) is 12.1. The molecule has 0 aliphatic carbocycles. The number of aromatic nitrogens is 4. The molecule has 0 spiro atoms. The summed E-state index contributed by atoms with van der Waals surface area (Å²) in [7, 11) is 7.02. The van der Waals surface area contributed by atoms with Crippen LogP contribution in [0.3, 0.4) is 0 Å². The van der Waals surface area contributed by atoms with E-state index in [0.717, 1.165) is 0 Å². The third-order valence-corrected chi connectivity index (χ3v) is 4.92. The molecule has 2 heterocycles. The van der Waals surface area contributed by atoms with Crippen LogP contribution in [0.5, 0.6) is 0 Å². The van der Waals surface area contributed by atoms with Gasteiger partial charge < -0.3 is 35.4 Å². The molecule has 47 heavy (non-hydrogen) atoms. The van der Waals surface area contributed by atoms with Crippen LogP contribution in [0.4, 0.5) is 18.4 Å². The first-order valence-corrected chi connectivity index (χ1v) is 14.3. The van der Waals surface area contributed by atoms with Crippen molar-refractivity contribution in [1.29, 1.82) is 0 Å². The molecule has 2 aromatic rings. The van der Waals surface area contributed by atoms with Crippen molar-refractivity contribution in [2.24, 2.45) is 0 Å². The molecule has 0 fully saturated rings. The molecule has 0 bridgehead atoms. The van der Waals surface area contributed by atoms with Crippen LogP contribution < -0.4 is 16.0 Å². The van der Waals surface area contributed by atoms with Crippen LogP contribution in [0.1, 0.15) is 62.3 Å². The van der Waals surface area contributed by atoms with Gasteiger partial charge in [0.15, 0.2) is 0 Å². The number of ether oxygens (including phenoxy) is 2. The lowest BCUT2D eigenvalue weighted by atomic mass is 10.2. The summed E-state index contributed by atoms with van der Waals surface area (Å²) in [6.45, 7) is 10.5. The Morgan fingerprint density at radius 1 is 0.809 bits per heavy atom. The van der Waals surface area contributed by atoms with Gasteiger partial charge in [-0.25, -0.2) is 23.2 Å². The summed E-state index contributed by atoms with van der Waals surface area (Å²) >= 11 is 0. The highest BCUT2D eigenvalue weighted by atomic mass is 19.1. The largest absolute Gasteiger partial charge is 0.478 e. The number of rotatable bonds is 10. The number of carboxylic acid groups (broad SMARTS) is 1. The molecule has 15 nitrogen and oxygen atoms in total. The van der Waals surface area contributed by atoms with E-state index in [2.05, 4.69) is 26.1 Å². The highest BCUT2D eigenvalue weighted by Gasteiger charge is 2.18. The summed E-state index contributed by atoms with van der Waals surface area (Å²) in [5, 5.41) is 24.2. The van der Waals surface area contributed by atoms with E-state index in [-0.39, 0.29) is 43.2 Å². The number of carbonyl (C=O) groups excluding carboxylic acids is 3. The first-order valence-electron chi connectivity index (χ1n) is 14.3. The molecule has 0 unspecified atom stereocenters. The van der Waals surface area contributed by atoms with Crippen molar-refractivity contribution in [2.45, 2.75) is 65.8 Å². The average molecular weight is 671 g/mol. The third kappa shape index (κ3) is 19.3. The van der Waals surface area contributed by atoms with E-state index in [0.29, 0.717) is 23.8 Å². The number of carbonyl (C=O) groups is 4. The Morgan fingerprint density at radius 3 is 1.47 bits per heavy atom. The van der Waals surface area contributed by atoms with Gasteiger partial charge in [-0.1, -0.05) is 0 Å². The number of aromatic carboxylic acids is 1. The normalized spacial score (nSPS) is 11.7. The van der Waals surface area contributed by atoms with Gasteiger partial charge in [0.05, 0.1) is 49.3 Å². The van der Waals surface area contributed by atoms with Crippen LogP contribution in [-0.4, -0.2) is 106 Å². The summed E-state index contributed by atoms with van der Waals surface area (Å²) in [4.78, 5) is 46.9. The number of halogens is 2. The van der Waals surface area contributed by atoms with E-state index in [1.54, 1.807) is 55.6 Å². The highest BCUT2D eigenvalue weighted by molar-refractivity contribution is 5.93. The van der Waals surface area contributed by atoms with E-state index >= 15 is 0 Å². The van der Waals surface area contributed by atoms with Gasteiger partial charge in [0.25, 0.3) is 5.91 Å². The minimum absolute atomic E-state index is 0.00769. The summed E-state index contributed by atoms with van der Waals surface area (Å²) in [6, 6.07) is 0. The van der Waals surface area contributed by atoms with Crippen LogP contribution in [-0.2, 0) is 22.6 Å².